The topological polar surface area (TPSA) is 54.9 Å². The molecule has 0 saturated carbocycles. The SMILES string of the molecule is Cc1nc(S[C@@H](C)C(=O)Nc2cccc(F)c2)nc(C)c1C. The predicted octanol–water partition coefficient (Wildman–Crippen LogP) is 3.66. The number of hydrogen-bond donors (Lipinski definition) is 1. The number of thioether (sulfide) groups is 1. The summed E-state index contributed by atoms with van der Waals surface area (Å²) in [6, 6.07) is 5.82. The van der Waals surface area contributed by atoms with Gasteiger partial charge < -0.3 is 5.32 Å². The van der Waals surface area contributed by atoms with Crippen LogP contribution in [0.4, 0.5) is 10.1 Å². The van der Waals surface area contributed by atoms with Gasteiger partial charge in [0.15, 0.2) is 5.16 Å². The van der Waals surface area contributed by atoms with Gasteiger partial charge in [-0.15, -0.1) is 0 Å². The van der Waals surface area contributed by atoms with E-state index in [1.807, 2.05) is 20.8 Å². The molecule has 1 N–H and O–H groups in total. The van der Waals surface area contributed by atoms with Crippen LogP contribution in [0, 0.1) is 26.6 Å². The van der Waals surface area contributed by atoms with Crippen molar-refractivity contribution in [2.45, 2.75) is 38.1 Å². The average molecular weight is 319 g/mol. The van der Waals surface area contributed by atoms with Gasteiger partial charge >= 0.3 is 0 Å². The van der Waals surface area contributed by atoms with Gasteiger partial charge in [0.25, 0.3) is 0 Å². The summed E-state index contributed by atoms with van der Waals surface area (Å²) in [7, 11) is 0. The smallest absolute Gasteiger partial charge is 0.237 e. The molecule has 4 nitrogen and oxygen atoms in total. The van der Waals surface area contributed by atoms with E-state index in [4.69, 9.17) is 0 Å². The molecular formula is C16H18FN3OS. The minimum absolute atomic E-state index is 0.213. The van der Waals surface area contributed by atoms with Crippen molar-refractivity contribution in [3.63, 3.8) is 0 Å². The number of carbonyl (C=O) groups is 1. The number of aryl methyl sites for hydroxylation is 2. The zero-order valence-electron chi connectivity index (χ0n) is 13.0. The Morgan fingerprint density at radius 2 is 1.86 bits per heavy atom. The molecule has 6 heteroatoms. The molecule has 0 aliphatic carbocycles. The van der Waals surface area contributed by atoms with Crippen molar-refractivity contribution in [1.29, 1.82) is 0 Å². The van der Waals surface area contributed by atoms with Crippen LogP contribution in [0.5, 0.6) is 0 Å². The highest BCUT2D eigenvalue weighted by Gasteiger charge is 2.17. The first-order valence-electron chi connectivity index (χ1n) is 6.91. The van der Waals surface area contributed by atoms with E-state index in [2.05, 4.69) is 15.3 Å². The van der Waals surface area contributed by atoms with E-state index in [0.29, 0.717) is 10.8 Å². The fourth-order valence-corrected chi connectivity index (χ4v) is 2.68. The molecule has 0 saturated heterocycles. The number of halogens is 1. The van der Waals surface area contributed by atoms with Gasteiger partial charge in [-0.1, -0.05) is 17.8 Å². The lowest BCUT2D eigenvalue weighted by atomic mass is 10.2. The molecule has 1 heterocycles. The first-order valence-corrected chi connectivity index (χ1v) is 7.79. The highest BCUT2D eigenvalue weighted by atomic mass is 32.2. The van der Waals surface area contributed by atoms with Crippen LogP contribution in [0.15, 0.2) is 29.4 Å². The van der Waals surface area contributed by atoms with Crippen LogP contribution in [0.25, 0.3) is 0 Å². The van der Waals surface area contributed by atoms with Crippen LogP contribution in [-0.2, 0) is 4.79 Å². The second-order valence-corrected chi connectivity index (χ2v) is 6.37. The van der Waals surface area contributed by atoms with Gasteiger partial charge in [0.2, 0.25) is 5.91 Å². The third kappa shape index (κ3) is 4.04. The lowest BCUT2D eigenvalue weighted by Crippen LogP contribution is -2.22. The molecule has 1 aromatic heterocycles. The molecule has 116 valence electrons. The highest BCUT2D eigenvalue weighted by Crippen LogP contribution is 2.23. The molecule has 2 aromatic rings. The molecule has 0 aliphatic rings. The Balaban J connectivity index is 2.05. The van der Waals surface area contributed by atoms with E-state index < -0.39 is 0 Å². The number of anilines is 1. The monoisotopic (exact) mass is 319 g/mol. The van der Waals surface area contributed by atoms with Crippen molar-refractivity contribution in [3.8, 4) is 0 Å². The van der Waals surface area contributed by atoms with E-state index >= 15 is 0 Å². The fourth-order valence-electron chi connectivity index (χ4n) is 1.82. The van der Waals surface area contributed by atoms with E-state index in [9.17, 15) is 9.18 Å². The summed E-state index contributed by atoms with van der Waals surface area (Å²) in [6.45, 7) is 7.59. The molecule has 1 amide bonds. The van der Waals surface area contributed by atoms with Gasteiger partial charge in [0, 0.05) is 17.1 Å². The summed E-state index contributed by atoms with van der Waals surface area (Å²) in [5.41, 5.74) is 3.32. The van der Waals surface area contributed by atoms with Crippen molar-refractivity contribution in [2.75, 3.05) is 5.32 Å². The maximum absolute atomic E-state index is 13.1. The maximum atomic E-state index is 13.1. The molecule has 0 fully saturated rings. The Labute approximate surface area is 133 Å². The normalized spacial score (nSPS) is 12.0. The molecule has 0 aliphatic heterocycles. The number of carbonyl (C=O) groups excluding carboxylic acids is 1. The molecule has 22 heavy (non-hydrogen) atoms. The average Bonchev–Trinajstić information content (AvgIpc) is 2.44. The van der Waals surface area contributed by atoms with Crippen LogP contribution < -0.4 is 5.32 Å². The van der Waals surface area contributed by atoms with Gasteiger partial charge in [0.1, 0.15) is 5.82 Å². The molecule has 1 atom stereocenters. The van der Waals surface area contributed by atoms with Crippen molar-refractivity contribution in [1.82, 2.24) is 9.97 Å². The Hall–Kier alpha value is -1.95. The van der Waals surface area contributed by atoms with Crippen molar-refractivity contribution in [2.24, 2.45) is 0 Å². The van der Waals surface area contributed by atoms with Gasteiger partial charge in [-0.2, -0.15) is 0 Å². The first-order chi connectivity index (χ1) is 10.4. The van der Waals surface area contributed by atoms with Crippen LogP contribution >= 0.6 is 11.8 Å². The fraction of sp³-hybridized carbons (Fsp3) is 0.312. The number of nitrogens with one attached hydrogen (secondary N) is 1. The number of amides is 1. The molecule has 1 aromatic carbocycles. The van der Waals surface area contributed by atoms with Crippen molar-refractivity contribution in [3.05, 3.63) is 47.0 Å². The molecular weight excluding hydrogens is 301 g/mol. The number of benzene rings is 1. The van der Waals surface area contributed by atoms with Crippen molar-refractivity contribution < 1.29 is 9.18 Å². The number of aromatic nitrogens is 2. The Kier molecular flexibility index (Phi) is 5.13. The number of nitrogens with zero attached hydrogens (tertiary/aromatic N) is 2. The lowest BCUT2D eigenvalue weighted by Gasteiger charge is -2.12. The Bertz CT molecular complexity index is 683. The second-order valence-electron chi connectivity index (χ2n) is 5.06. The van der Waals surface area contributed by atoms with Gasteiger partial charge in [-0.05, 0) is 51.5 Å². The lowest BCUT2D eigenvalue weighted by molar-refractivity contribution is -0.115. The number of rotatable bonds is 4. The second kappa shape index (κ2) is 6.87. The third-order valence-corrected chi connectivity index (χ3v) is 4.32. The summed E-state index contributed by atoms with van der Waals surface area (Å²) in [6.07, 6.45) is 0. The van der Waals surface area contributed by atoms with Gasteiger partial charge in [-0.3, -0.25) is 4.79 Å². The van der Waals surface area contributed by atoms with Gasteiger partial charge in [0.05, 0.1) is 5.25 Å². The first kappa shape index (κ1) is 16.4. The van der Waals surface area contributed by atoms with E-state index in [0.717, 1.165) is 17.0 Å². The summed E-state index contributed by atoms with van der Waals surface area (Å²) < 4.78 is 13.1. The van der Waals surface area contributed by atoms with Crippen LogP contribution in [0.1, 0.15) is 23.9 Å². The molecule has 2 rings (SSSR count). The zero-order valence-corrected chi connectivity index (χ0v) is 13.8. The highest BCUT2D eigenvalue weighted by molar-refractivity contribution is 8.00. The van der Waals surface area contributed by atoms with Gasteiger partial charge in [-0.25, -0.2) is 14.4 Å². The largest absolute Gasteiger partial charge is 0.325 e. The standard InChI is InChI=1S/C16H18FN3OS/c1-9-10(2)18-16(19-11(9)3)22-12(4)15(21)20-14-7-5-6-13(17)8-14/h5-8,12H,1-4H3,(H,20,21)/t12-/m0/s1. The summed E-state index contributed by atoms with van der Waals surface area (Å²) >= 11 is 1.28. The summed E-state index contributed by atoms with van der Waals surface area (Å²) in [5, 5.41) is 2.88. The van der Waals surface area contributed by atoms with E-state index in [1.54, 1.807) is 19.1 Å². The number of hydrogen-bond acceptors (Lipinski definition) is 4. The molecule has 0 bridgehead atoms. The zero-order chi connectivity index (χ0) is 16.3. The van der Waals surface area contributed by atoms with Crippen molar-refractivity contribution >= 4 is 23.4 Å². The maximum Gasteiger partial charge on any atom is 0.237 e. The molecule has 0 radical (unpaired) electrons. The Morgan fingerprint density at radius 3 is 2.45 bits per heavy atom. The van der Waals surface area contributed by atoms with E-state index in [1.165, 1.54) is 23.9 Å². The molecule has 0 unspecified atom stereocenters. The van der Waals surface area contributed by atoms with Crippen LogP contribution in [0.2, 0.25) is 0 Å². The Morgan fingerprint density at radius 1 is 1.23 bits per heavy atom. The predicted molar refractivity (Wildman–Crippen MR) is 86.6 cm³/mol. The van der Waals surface area contributed by atoms with E-state index in [-0.39, 0.29) is 17.0 Å². The van der Waals surface area contributed by atoms with Crippen LogP contribution in [0.3, 0.4) is 0 Å². The molecule has 0 spiro atoms. The van der Waals surface area contributed by atoms with Crippen LogP contribution in [-0.4, -0.2) is 21.1 Å². The summed E-state index contributed by atoms with van der Waals surface area (Å²) in [4.78, 5) is 20.9. The minimum atomic E-state index is -0.384. The summed E-state index contributed by atoms with van der Waals surface area (Å²) in [5.74, 6) is -0.596. The minimum Gasteiger partial charge on any atom is -0.325 e. The third-order valence-electron chi connectivity index (χ3n) is 3.36. The quantitative estimate of drug-likeness (QED) is 0.690.